The third-order valence-electron chi connectivity index (χ3n) is 5.11. The van der Waals surface area contributed by atoms with E-state index in [-0.39, 0.29) is 5.91 Å². The van der Waals surface area contributed by atoms with Crippen LogP contribution in [0.2, 0.25) is 0 Å². The number of likely N-dealkylation sites (tertiary alicyclic amines) is 1. The van der Waals surface area contributed by atoms with E-state index in [1.807, 2.05) is 47.4 Å². The Morgan fingerprint density at radius 2 is 1.61 bits per heavy atom. The first kappa shape index (κ1) is 18.9. The van der Waals surface area contributed by atoms with Crippen LogP contribution in [0.1, 0.15) is 37.1 Å². The first-order valence-corrected chi connectivity index (χ1v) is 11.0. The molecule has 0 radical (unpaired) electrons. The van der Waals surface area contributed by atoms with Gasteiger partial charge in [0.15, 0.2) is 0 Å². The summed E-state index contributed by atoms with van der Waals surface area (Å²) in [7, 11) is 0. The standard InChI is InChI=1S/C23H25N3OS/c27-22(26-14-8-1-2-9-15-26)17-28-23-19-12-6-7-13-20(19)24-21(25-23)16-18-10-4-3-5-11-18/h3-7,10-13H,1-2,8-9,14-17H2. The van der Waals surface area contributed by atoms with E-state index >= 15 is 0 Å². The molecule has 0 bridgehead atoms. The zero-order valence-corrected chi connectivity index (χ0v) is 16.8. The van der Waals surface area contributed by atoms with Gasteiger partial charge >= 0.3 is 0 Å². The van der Waals surface area contributed by atoms with Crippen molar-refractivity contribution in [2.24, 2.45) is 0 Å². The minimum Gasteiger partial charge on any atom is -0.342 e. The maximum Gasteiger partial charge on any atom is 0.232 e. The first-order chi connectivity index (χ1) is 13.8. The van der Waals surface area contributed by atoms with Crippen molar-refractivity contribution >= 4 is 28.6 Å². The number of fused-ring (bicyclic) bond motifs is 1. The van der Waals surface area contributed by atoms with Crippen molar-refractivity contribution in [1.29, 1.82) is 0 Å². The largest absolute Gasteiger partial charge is 0.342 e. The van der Waals surface area contributed by atoms with Crippen molar-refractivity contribution in [2.45, 2.75) is 37.1 Å². The molecule has 144 valence electrons. The van der Waals surface area contributed by atoms with Gasteiger partial charge in [0.25, 0.3) is 0 Å². The molecule has 1 amide bonds. The minimum atomic E-state index is 0.221. The lowest BCUT2D eigenvalue weighted by Crippen LogP contribution is -2.33. The van der Waals surface area contributed by atoms with Crippen LogP contribution in [-0.4, -0.2) is 39.6 Å². The summed E-state index contributed by atoms with van der Waals surface area (Å²) >= 11 is 1.54. The smallest absolute Gasteiger partial charge is 0.232 e. The molecule has 1 saturated heterocycles. The Bertz CT molecular complexity index is 937. The Labute approximate surface area is 170 Å². The number of amides is 1. The lowest BCUT2D eigenvalue weighted by Gasteiger charge is -2.20. The van der Waals surface area contributed by atoms with Gasteiger partial charge in [-0.15, -0.1) is 0 Å². The normalized spacial score (nSPS) is 14.8. The molecule has 1 aliphatic heterocycles. The number of nitrogens with zero attached hydrogens (tertiary/aromatic N) is 3. The molecule has 4 nitrogen and oxygen atoms in total. The summed E-state index contributed by atoms with van der Waals surface area (Å²) in [5, 5.41) is 1.92. The number of rotatable bonds is 5. The van der Waals surface area contributed by atoms with Crippen LogP contribution in [0.15, 0.2) is 59.6 Å². The van der Waals surface area contributed by atoms with Crippen molar-refractivity contribution < 1.29 is 4.79 Å². The summed E-state index contributed by atoms with van der Waals surface area (Å²) in [4.78, 5) is 24.3. The van der Waals surface area contributed by atoms with Crippen LogP contribution in [0, 0.1) is 0 Å². The highest BCUT2D eigenvalue weighted by atomic mass is 32.2. The Morgan fingerprint density at radius 1 is 0.893 bits per heavy atom. The van der Waals surface area contributed by atoms with Gasteiger partial charge in [-0.2, -0.15) is 0 Å². The molecule has 0 aliphatic carbocycles. The van der Waals surface area contributed by atoms with Gasteiger partial charge in [-0.3, -0.25) is 4.79 Å². The van der Waals surface area contributed by atoms with E-state index in [9.17, 15) is 4.79 Å². The molecule has 2 heterocycles. The van der Waals surface area contributed by atoms with Crippen molar-refractivity contribution in [1.82, 2.24) is 14.9 Å². The van der Waals surface area contributed by atoms with Gasteiger partial charge in [0, 0.05) is 24.9 Å². The number of hydrogen-bond donors (Lipinski definition) is 0. The van der Waals surface area contributed by atoms with E-state index < -0.39 is 0 Å². The first-order valence-electron chi connectivity index (χ1n) is 10.00. The van der Waals surface area contributed by atoms with Gasteiger partial charge < -0.3 is 4.90 Å². The molecule has 0 unspecified atom stereocenters. The summed E-state index contributed by atoms with van der Waals surface area (Å²) < 4.78 is 0. The van der Waals surface area contributed by atoms with Crippen LogP contribution in [0.5, 0.6) is 0 Å². The van der Waals surface area contributed by atoms with E-state index in [1.165, 1.54) is 18.4 Å². The van der Waals surface area contributed by atoms with Crippen LogP contribution in [0.3, 0.4) is 0 Å². The number of aromatic nitrogens is 2. The molecular weight excluding hydrogens is 366 g/mol. The third-order valence-corrected chi connectivity index (χ3v) is 6.09. The monoisotopic (exact) mass is 391 g/mol. The maximum absolute atomic E-state index is 12.7. The fraction of sp³-hybridized carbons (Fsp3) is 0.348. The third kappa shape index (κ3) is 4.71. The number of carbonyl (C=O) groups excluding carboxylic acids is 1. The van der Waals surface area contributed by atoms with E-state index in [1.54, 1.807) is 11.8 Å². The van der Waals surface area contributed by atoms with Gasteiger partial charge in [-0.1, -0.05) is 73.1 Å². The van der Waals surface area contributed by atoms with Crippen LogP contribution >= 0.6 is 11.8 Å². The Hall–Kier alpha value is -2.40. The molecule has 1 aliphatic rings. The molecule has 0 atom stereocenters. The Morgan fingerprint density at radius 3 is 2.39 bits per heavy atom. The quantitative estimate of drug-likeness (QED) is 0.467. The minimum absolute atomic E-state index is 0.221. The summed E-state index contributed by atoms with van der Waals surface area (Å²) in [5.41, 5.74) is 2.13. The van der Waals surface area contributed by atoms with Crippen LogP contribution in [0.4, 0.5) is 0 Å². The number of benzene rings is 2. The highest BCUT2D eigenvalue weighted by Gasteiger charge is 2.17. The van der Waals surface area contributed by atoms with Gasteiger partial charge in [0.1, 0.15) is 10.9 Å². The molecule has 1 fully saturated rings. The van der Waals surface area contributed by atoms with Crippen molar-refractivity contribution in [3.8, 4) is 0 Å². The number of carbonyl (C=O) groups is 1. The average Bonchev–Trinajstić information content (AvgIpc) is 3.02. The lowest BCUT2D eigenvalue weighted by molar-refractivity contribution is -0.128. The fourth-order valence-electron chi connectivity index (χ4n) is 3.60. The second-order valence-electron chi connectivity index (χ2n) is 7.21. The predicted molar refractivity (Wildman–Crippen MR) is 115 cm³/mol. The van der Waals surface area contributed by atoms with Crippen molar-refractivity contribution in [3.05, 3.63) is 66.0 Å². The maximum atomic E-state index is 12.7. The average molecular weight is 392 g/mol. The summed E-state index contributed by atoms with van der Waals surface area (Å²) in [6, 6.07) is 18.3. The molecule has 4 rings (SSSR count). The predicted octanol–water partition coefficient (Wildman–Crippen LogP) is 4.72. The van der Waals surface area contributed by atoms with Gasteiger partial charge in [0.2, 0.25) is 5.91 Å². The topological polar surface area (TPSA) is 46.1 Å². The fourth-order valence-corrected chi connectivity index (χ4v) is 4.54. The van der Waals surface area contributed by atoms with E-state index in [0.29, 0.717) is 12.2 Å². The summed E-state index contributed by atoms with van der Waals surface area (Å²) in [6.07, 6.45) is 5.40. The van der Waals surface area contributed by atoms with Crippen LogP contribution < -0.4 is 0 Å². The van der Waals surface area contributed by atoms with E-state index in [0.717, 1.165) is 47.7 Å². The number of para-hydroxylation sites is 1. The second kappa shape index (κ2) is 9.20. The lowest BCUT2D eigenvalue weighted by atomic mass is 10.1. The molecular formula is C23H25N3OS. The SMILES string of the molecule is O=C(CSc1nc(Cc2ccccc2)nc2ccccc12)N1CCCCCC1. The van der Waals surface area contributed by atoms with Crippen LogP contribution in [-0.2, 0) is 11.2 Å². The number of thioether (sulfide) groups is 1. The van der Waals surface area contributed by atoms with Gasteiger partial charge in [-0.05, 0) is 24.5 Å². The van der Waals surface area contributed by atoms with Gasteiger partial charge in [0.05, 0.1) is 11.3 Å². The highest BCUT2D eigenvalue weighted by Crippen LogP contribution is 2.26. The van der Waals surface area contributed by atoms with Crippen molar-refractivity contribution in [3.63, 3.8) is 0 Å². The second-order valence-corrected chi connectivity index (χ2v) is 8.17. The highest BCUT2D eigenvalue weighted by molar-refractivity contribution is 8.00. The van der Waals surface area contributed by atoms with E-state index in [4.69, 9.17) is 9.97 Å². The molecule has 0 N–H and O–H groups in total. The van der Waals surface area contributed by atoms with Crippen molar-refractivity contribution in [2.75, 3.05) is 18.8 Å². The summed E-state index contributed by atoms with van der Waals surface area (Å²) in [5.74, 6) is 1.46. The molecule has 1 aromatic heterocycles. The van der Waals surface area contributed by atoms with E-state index in [2.05, 4.69) is 12.1 Å². The summed E-state index contributed by atoms with van der Waals surface area (Å²) in [6.45, 7) is 1.78. The molecule has 5 heteroatoms. The Kier molecular flexibility index (Phi) is 6.22. The van der Waals surface area contributed by atoms with Crippen LogP contribution in [0.25, 0.3) is 10.9 Å². The van der Waals surface area contributed by atoms with Gasteiger partial charge in [-0.25, -0.2) is 9.97 Å². The molecule has 28 heavy (non-hydrogen) atoms. The number of hydrogen-bond acceptors (Lipinski definition) is 4. The molecule has 2 aromatic carbocycles. The molecule has 0 spiro atoms. The molecule has 3 aromatic rings. The zero-order valence-electron chi connectivity index (χ0n) is 16.0. The molecule has 0 saturated carbocycles. The Balaban J connectivity index is 1.54. The zero-order chi connectivity index (χ0) is 19.2.